The molecular weight excluding hydrogens is 318 g/mol. The Kier molecular flexibility index (Phi) is 3.95. The van der Waals surface area contributed by atoms with Crippen LogP contribution in [0.4, 0.5) is 0 Å². The predicted molar refractivity (Wildman–Crippen MR) is 82.4 cm³/mol. The van der Waals surface area contributed by atoms with Crippen LogP contribution in [0.2, 0.25) is 0 Å². The smallest absolute Gasteiger partial charge is 0.358 e. The van der Waals surface area contributed by atoms with Crippen LogP contribution in [0.1, 0.15) is 27.3 Å². The summed E-state index contributed by atoms with van der Waals surface area (Å²) in [6.45, 7) is 2.37. The minimum Gasteiger partial charge on any atom is -0.464 e. The van der Waals surface area contributed by atoms with Crippen molar-refractivity contribution in [3.63, 3.8) is 0 Å². The molecule has 0 unspecified atom stereocenters. The SMILES string of the molecule is COC(=O)c1n[nH]c2c1CCN(S(=O)(=O)c1ccc(C)cc1)C2. The largest absolute Gasteiger partial charge is 0.464 e. The number of aromatic amines is 1. The van der Waals surface area contributed by atoms with E-state index in [9.17, 15) is 13.2 Å². The monoisotopic (exact) mass is 335 g/mol. The molecule has 1 aliphatic rings. The molecule has 0 radical (unpaired) electrons. The highest BCUT2D eigenvalue weighted by atomic mass is 32.2. The van der Waals surface area contributed by atoms with Gasteiger partial charge in [0.1, 0.15) is 0 Å². The zero-order valence-electron chi connectivity index (χ0n) is 12.9. The van der Waals surface area contributed by atoms with E-state index in [-0.39, 0.29) is 17.1 Å². The quantitative estimate of drug-likeness (QED) is 0.852. The number of ether oxygens (including phenoxy) is 1. The molecule has 8 heteroatoms. The fourth-order valence-electron chi connectivity index (χ4n) is 2.62. The topological polar surface area (TPSA) is 92.4 Å². The number of sulfonamides is 1. The molecule has 2 heterocycles. The molecule has 2 aromatic rings. The van der Waals surface area contributed by atoms with Gasteiger partial charge in [-0.1, -0.05) is 17.7 Å². The molecule has 0 saturated heterocycles. The average molecular weight is 335 g/mol. The molecule has 0 atom stereocenters. The summed E-state index contributed by atoms with van der Waals surface area (Å²) in [5.74, 6) is -0.516. The van der Waals surface area contributed by atoms with Gasteiger partial charge in [0.15, 0.2) is 5.69 Å². The molecule has 0 fully saturated rings. The lowest BCUT2D eigenvalue weighted by molar-refractivity contribution is 0.0592. The highest BCUT2D eigenvalue weighted by molar-refractivity contribution is 7.89. The van der Waals surface area contributed by atoms with Gasteiger partial charge in [-0.05, 0) is 25.5 Å². The molecule has 0 saturated carbocycles. The highest BCUT2D eigenvalue weighted by Gasteiger charge is 2.32. The number of nitrogens with one attached hydrogen (secondary N) is 1. The van der Waals surface area contributed by atoms with Gasteiger partial charge in [0.25, 0.3) is 0 Å². The van der Waals surface area contributed by atoms with Gasteiger partial charge < -0.3 is 4.74 Å². The van der Waals surface area contributed by atoms with Crippen molar-refractivity contribution in [1.82, 2.24) is 14.5 Å². The molecule has 3 rings (SSSR count). The van der Waals surface area contributed by atoms with Gasteiger partial charge in [0.05, 0.1) is 24.2 Å². The molecule has 0 spiro atoms. The fraction of sp³-hybridized carbons (Fsp3) is 0.333. The lowest BCUT2D eigenvalue weighted by Gasteiger charge is -2.26. The second-order valence-corrected chi connectivity index (χ2v) is 7.36. The normalized spacial score (nSPS) is 15.2. The van der Waals surface area contributed by atoms with Crippen molar-refractivity contribution in [2.45, 2.75) is 24.8 Å². The van der Waals surface area contributed by atoms with Gasteiger partial charge in [-0.15, -0.1) is 0 Å². The third kappa shape index (κ3) is 2.75. The molecule has 7 nitrogen and oxygen atoms in total. The number of H-pyrrole nitrogens is 1. The highest BCUT2D eigenvalue weighted by Crippen LogP contribution is 2.26. The van der Waals surface area contributed by atoms with Crippen LogP contribution in [-0.4, -0.2) is 42.5 Å². The van der Waals surface area contributed by atoms with Crippen LogP contribution < -0.4 is 0 Å². The first-order valence-corrected chi connectivity index (χ1v) is 8.58. The summed E-state index contributed by atoms with van der Waals surface area (Å²) in [6.07, 6.45) is 0.418. The first kappa shape index (κ1) is 15.7. The van der Waals surface area contributed by atoms with E-state index in [1.807, 2.05) is 6.92 Å². The number of methoxy groups -OCH3 is 1. The van der Waals surface area contributed by atoms with Gasteiger partial charge in [-0.25, -0.2) is 13.2 Å². The Labute approximate surface area is 134 Å². The van der Waals surface area contributed by atoms with Crippen LogP contribution in [0.25, 0.3) is 0 Å². The van der Waals surface area contributed by atoms with E-state index in [0.29, 0.717) is 18.7 Å². The average Bonchev–Trinajstić information content (AvgIpc) is 2.97. The van der Waals surface area contributed by atoms with Crippen molar-refractivity contribution in [1.29, 1.82) is 0 Å². The Morgan fingerprint density at radius 2 is 2.00 bits per heavy atom. The molecule has 0 bridgehead atoms. The zero-order valence-corrected chi connectivity index (χ0v) is 13.7. The Hall–Kier alpha value is -2.19. The van der Waals surface area contributed by atoms with E-state index in [1.165, 1.54) is 11.4 Å². The number of aryl methyl sites for hydroxylation is 1. The van der Waals surface area contributed by atoms with Gasteiger partial charge in [-0.2, -0.15) is 9.40 Å². The maximum absolute atomic E-state index is 12.7. The van der Waals surface area contributed by atoms with Crippen LogP contribution in [0.3, 0.4) is 0 Å². The standard InChI is InChI=1S/C15H17N3O4S/c1-10-3-5-11(6-4-10)23(20,21)18-8-7-12-13(9-18)16-17-14(12)15(19)22-2/h3-6H,7-9H2,1-2H3,(H,16,17). The Morgan fingerprint density at radius 1 is 1.30 bits per heavy atom. The number of fused-ring (bicyclic) bond motifs is 1. The van der Waals surface area contributed by atoms with E-state index in [2.05, 4.69) is 14.9 Å². The van der Waals surface area contributed by atoms with Gasteiger partial charge in [0.2, 0.25) is 10.0 Å². The summed E-state index contributed by atoms with van der Waals surface area (Å²) in [5.41, 5.74) is 2.59. The zero-order chi connectivity index (χ0) is 16.6. The number of rotatable bonds is 3. The predicted octanol–water partition coefficient (Wildman–Crippen LogP) is 1.25. The van der Waals surface area contributed by atoms with Gasteiger partial charge in [-0.3, -0.25) is 5.10 Å². The first-order chi connectivity index (χ1) is 10.9. The van der Waals surface area contributed by atoms with E-state index in [1.54, 1.807) is 24.3 Å². The molecule has 1 N–H and O–H groups in total. The van der Waals surface area contributed by atoms with Crippen molar-refractivity contribution in [3.8, 4) is 0 Å². The number of hydrogen-bond donors (Lipinski definition) is 1. The molecule has 23 heavy (non-hydrogen) atoms. The van der Waals surface area contributed by atoms with E-state index in [4.69, 9.17) is 0 Å². The van der Waals surface area contributed by atoms with Crippen molar-refractivity contribution in [2.24, 2.45) is 0 Å². The number of esters is 1. The summed E-state index contributed by atoms with van der Waals surface area (Å²) in [4.78, 5) is 11.9. The van der Waals surface area contributed by atoms with Crippen molar-refractivity contribution < 1.29 is 17.9 Å². The number of hydrogen-bond acceptors (Lipinski definition) is 5. The minimum absolute atomic E-state index is 0.162. The van der Waals surface area contributed by atoms with Gasteiger partial charge in [0, 0.05) is 12.1 Å². The Balaban J connectivity index is 1.89. The third-order valence-electron chi connectivity index (χ3n) is 3.94. The lowest BCUT2D eigenvalue weighted by Crippen LogP contribution is -2.36. The molecule has 1 aliphatic heterocycles. The van der Waals surface area contributed by atoms with Crippen LogP contribution in [0, 0.1) is 6.92 Å². The second-order valence-electron chi connectivity index (χ2n) is 5.42. The molecule has 0 aliphatic carbocycles. The fourth-order valence-corrected chi connectivity index (χ4v) is 4.03. The van der Waals surface area contributed by atoms with Crippen molar-refractivity contribution >= 4 is 16.0 Å². The van der Waals surface area contributed by atoms with Crippen LogP contribution in [0.15, 0.2) is 29.2 Å². The number of carbonyl (C=O) groups is 1. The maximum Gasteiger partial charge on any atom is 0.358 e. The molecule has 1 aromatic heterocycles. The summed E-state index contributed by atoms with van der Waals surface area (Å²) in [5, 5.41) is 6.70. The summed E-state index contributed by atoms with van der Waals surface area (Å²) < 4.78 is 31.5. The lowest BCUT2D eigenvalue weighted by atomic mass is 10.1. The number of nitrogens with zero attached hydrogens (tertiary/aromatic N) is 2. The molecule has 0 amide bonds. The number of carbonyl (C=O) groups excluding carboxylic acids is 1. The first-order valence-electron chi connectivity index (χ1n) is 7.14. The number of benzene rings is 1. The summed E-state index contributed by atoms with van der Waals surface area (Å²) >= 11 is 0. The van der Waals surface area contributed by atoms with E-state index >= 15 is 0 Å². The van der Waals surface area contributed by atoms with E-state index < -0.39 is 16.0 Å². The van der Waals surface area contributed by atoms with Crippen molar-refractivity contribution in [2.75, 3.05) is 13.7 Å². The molecular formula is C15H17N3O4S. The van der Waals surface area contributed by atoms with Crippen LogP contribution in [0.5, 0.6) is 0 Å². The summed E-state index contributed by atoms with van der Waals surface area (Å²) in [7, 11) is -2.28. The minimum atomic E-state index is -3.57. The summed E-state index contributed by atoms with van der Waals surface area (Å²) in [6, 6.07) is 6.75. The van der Waals surface area contributed by atoms with E-state index in [0.717, 1.165) is 11.1 Å². The number of aromatic nitrogens is 2. The third-order valence-corrected chi connectivity index (χ3v) is 5.80. The van der Waals surface area contributed by atoms with Crippen LogP contribution >= 0.6 is 0 Å². The molecule has 1 aromatic carbocycles. The van der Waals surface area contributed by atoms with Crippen LogP contribution in [-0.2, 0) is 27.7 Å². The second kappa shape index (κ2) is 5.78. The maximum atomic E-state index is 12.7. The Bertz CT molecular complexity index is 840. The van der Waals surface area contributed by atoms with Gasteiger partial charge >= 0.3 is 5.97 Å². The molecule has 122 valence electrons. The van der Waals surface area contributed by atoms with Crippen molar-refractivity contribution in [3.05, 3.63) is 46.8 Å². The Morgan fingerprint density at radius 3 is 2.65 bits per heavy atom.